The van der Waals surface area contributed by atoms with Gasteiger partial charge in [0.05, 0.1) is 31.1 Å². The standard InChI is InChI=1S/C27H25F3N2O4S/c1-15-21(23(33)35-3)22(17-9-6-5-7-10-17)26(16(2)31-15,25(34)36-4)24-32-20(14-37-24)18-11-8-12-19(13-18)27(28,29)30/h5-14,16,22,31H,1-4H3. The van der Waals surface area contributed by atoms with Crippen molar-refractivity contribution >= 4 is 23.3 Å². The summed E-state index contributed by atoms with van der Waals surface area (Å²) in [4.78, 5) is 31.5. The van der Waals surface area contributed by atoms with Crippen LogP contribution in [0.1, 0.15) is 35.9 Å². The van der Waals surface area contributed by atoms with Crippen molar-refractivity contribution < 1.29 is 32.2 Å². The molecule has 0 radical (unpaired) electrons. The maximum atomic E-state index is 13.8. The van der Waals surface area contributed by atoms with E-state index >= 15 is 0 Å². The van der Waals surface area contributed by atoms with Gasteiger partial charge in [0.15, 0.2) is 5.41 Å². The molecule has 0 saturated heterocycles. The molecule has 37 heavy (non-hydrogen) atoms. The first kappa shape index (κ1) is 26.4. The van der Waals surface area contributed by atoms with Crippen LogP contribution in [0.3, 0.4) is 0 Å². The van der Waals surface area contributed by atoms with E-state index in [4.69, 9.17) is 9.47 Å². The number of ether oxygens (including phenoxy) is 2. The summed E-state index contributed by atoms with van der Waals surface area (Å²) in [6, 6.07) is 13.3. The third-order valence-corrected chi connectivity index (χ3v) is 7.66. The molecule has 0 bridgehead atoms. The van der Waals surface area contributed by atoms with Crippen LogP contribution in [0.25, 0.3) is 11.3 Å². The molecule has 4 rings (SSSR count). The maximum absolute atomic E-state index is 13.8. The second kappa shape index (κ2) is 10.0. The van der Waals surface area contributed by atoms with Crippen LogP contribution in [0.5, 0.6) is 0 Å². The Balaban J connectivity index is 1.98. The van der Waals surface area contributed by atoms with Gasteiger partial charge in [0, 0.05) is 28.6 Å². The number of rotatable bonds is 5. The van der Waals surface area contributed by atoms with E-state index in [0.717, 1.165) is 23.5 Å². The quantitative estimate of drug-likeness (QED) is 0.442. The molecule has 1 aliphatic rings. The van der Waals surface area contributed by atoms with Crippen molar-refractivity contribution in [2.45, 2.75) is 37.4 Å². The monoisotopic (exact) mass is 530 g/mol. The number of nitrogens with one attached hydrogen (secondary N) is 1. The molecule has 1 aliphatic heterocycles. The highest BCUT2D eigenvalue weighted by Crippen LogP contribution is 2.52. The summed E-state index contributed by atoms with van der Waals surface area (Å²) in [5.41, 5.74) is -0.343. The summed E-state index contributed by atoms with van der Waals surface area (Å²) < 4.78 is 50.4. The first-order valence-electron chi connectivity index (χ1n) is 11.4. The maximum Gasteiger partial charge on any atom is 0.416 e. The topological polar surface area (TPSA) is 77.5 Å². The largest absolute Gasteiger partial charge is 0.468 e. The molecule has 1 N–H and O–H groups in total. The Morgan fingerprint density at radius 1 is 1.05 bits per heavy atom. The zero-order valence-electron chi connectivity index (χ0n) is 20.6. The van der Waals surface area contributed by atoms with Gasteiger partial charge in [-0.25, -0.2) is 9.78 Å². The average Bonchev–Trinajstić information content (AvgIpc) is 3.38. The van der Waals surface area contributed by atoms with Crippen molar-refractivity contribution in [1.29, 1.82) is 0 Å². The predicted octanol–water partition coefficient (Wildman–Crippen LogP) is 5.46. The minimum absolute atomic E-state index is 0.244. The minimum Gasteiger partial charge on any atom is -0.468 e. The smallest absolute Gasteiger partial charge is 0.416 e. The molecule has 10 heteroatoms. The summed E-state index contributed by atoms with van der Waals surface area (Å²) in [6.07, 6.45) is -4.51. The van der Waals surface area contributed by atoms with Gasteiger partial charge in [0.1, 0.15) is 5.01 Å². The van der Waals surface area contributed by atoms with Crippen molar-refractivity contribution in [2.75, 3.05) is 14.2 Å². The van der Waals surface area contributed by atoms with Crippen LogP contribution in [0.2, 0.25) is 0 Å². The number of aromatic nitrogens is 1. The van der Waals surface area contributed by atoms with Crippen LogP contribution in [0.4, 0.5) is 13.2 Å². The zero-order chi connectivity index (χ0) is 27.0. The Morgan fingerprint density at radius 2 is 1.76 bits per heavy atom. The fourth-order valence-electron chi connectivity index (χ4n) is 4.98. The lowest BCUT2D eigenvalue weighted by Crippen LogP contribution is -2.60. The summed E-state index contributed by atoms with van der Waals surface area (Å²) in [6.45, 7) is 3.52. The lowest BCUT2D eigenvalue weighted by Gasteiger charge is -2.46. The molecule has 3 unspecified atom stereocenters. The van der Waals surface area contributed by atoms with Gasteiger partial charge >= 0.3 is 18.1 Å². The van der Waals surface area contributed by atoms with Crippen LogP contribution in [0.15, 0.2) is 71.2 Å². The molecule has 3 aromatic rings. The number of esters is 2. The highest BCUT2D eigenvalue weighted by molar-refractivity contribution is 7.10. The van der Waals surface area contributed by atoms with Gasteiger partial charge in [-0.15, -0.1) is 11.3 Å². The Morgan fingerprint density at radius 3 is 2.38 bits per heavy atom. The summed E-state index contributed by atoms with van der Waals surface area (Å²) in [7, 11) is 2.51. The fourth-order valence-corrected chi connectivity index (χ4v) is 6.11. The highest BCUT2D eigenvalue weighted by Gasteiger charge is 2.60. The van der Waals surface area contributed by atoms with E-state index in [1.165, 1.54) is 26.4 Å². The molecule has 0 amide bonds. The number of carbonyl (C=O) groups is 2. The Bertz CT molecular complexity index is 1350. The molecule has 2 heterocycles. The number of alkyl halides is 3. The number of thiazole rings is 1. The van der Waals surface area contributed by atoms with E-state index in [0.29, 0.717) is 16.3 Å². The van der Waals surface area contributed by atoms with Crippen molar-refractivity contribution in [3.63, 3.8) is 0 Å². The van der Waals surface area contributed by atoms with Crippen molar-refractivity contribution in [3.05, 3.63) is 87.4 Å². The van der Waals surface area contributed by atoms with Crippen LogP contribution in [-0.4, -0.2) is 37.2 Å². The van der Waals surface area contributed by atoms with Crippen molar-refractivity contribution in [2.24, 2.45) is 0 Å². The SMILES string of the molecule is COC(=O)C1=C(C)NC(C)C(C(=O)OC)(c2nc(-c3cccc(C(F)(F)F)c3)cs2)C1c1ccccc1. The van der Waals surface area contributed by atoms with Gasteiger partial charge in [-0.1, -0.05) is 42.5 Å². The first-order chi connectivity index (χ1) is 17.5. The number of hydrogen-bond acceptors (Lipinski definition) is 7. The summed E-state index contributed by atoms with van der Waals surface area (Å²) in [5.74, 6) is -2.10. The Labute approximate surface area is 216 Å². The third-order valence-electron chi connectivity index (χ3n) is 6.67. The second-order valence-electron chi connectivity index (χ2n) is 8.72. The molecule has 6 nitrogen and oxygen atoms in total. The van der Waals surface area contributed by atoms with Crippen LogP contribution in [-0.2, 0) is 30.7 Å². The molecular formula is C27H25F3N2O4S. The molecule has 2 aromatic carbocycles. The molecule has 3 atom stereocenters. The number of methoxy groups -OCH3 is 2. The zero-order valence-corrected chi connectivity index (χ0v) is 21.4. The van der Waals surface area contributed by atoms with E-state index in [9.17, 15) is 22.8 Å². The average molecular weight is 531 g/mol. The van der Waals surface area contributed by atoms with Crippen molar-refractivity contribution in [1.82, 2.24) is 10.3 Å². The molecule has 0 spiro atoms. The number of allylic oxidation sites excluding steroid dienone is 1. The van der Waals surface area contributed by atoms with E-state index < -0.39 is 41.1 Å². The Kier molecular flexibility index (Phi) is 7.14. The van der Waals surface area contributed by atoms with Gasteiger partial charge in [-0.2, -0.15) is 13.2 Å². The second-order valence-corrected chi connectivity index (χ2v) is 9.58. The third kappa shape index (κ3) is 4.50. The number of halogens is 3. The van der Waals surface area contributed by atoms with Gasteiger partial charge in [-0.3, -0.25) is 4.79 Å². The number of carbonyl (C=O) groups excluding carboxylic acids is 2. The van der Waals surface area contributed by atoms with E-state index in [2.05, 4.69) is 10.3 Å². The number of nitrogens with zero attached hydrogens (tertiary/aromatic N) is 1. The van der Waals surface area contributed by atoms with Gasteiger partial charge in [0.25, 0.3) is 0 Å². The van der Waals surface area contributed by atoms with Crippen LogP contribution < -0.4 is 5.32 Å². The highest BCUT2D eigenvalue weighted by atomic mass is 32.1. The first-order valence-corrected chi connectivity index (χ1v) is 12.3. The fraction of sp³-hybridized carbons (Fsp3) is 0.296. The van der Waals surface area contributed by atoms with E-state index in [1.54, 1.807) is 43.5 Å². The lowest BCUT2D eigenvalue weighted by atomic mass is 9.62. The number of hydrogen-bond donors (Lipinski definition) is 1. The molecule has 0 aliphatic carbocycles. The molecule has 0 fully saturated rings. The molecule has 1 aromatic heterocycles. The predicted molar refractivity (Wildman–Crippen MR) is 133 cm³/mol. The van der Waals surface area contributed by atoms with Gasteiger partial charge in [0.2, 0.25) is 0 Å². The summed E-state index contributed by atoms with van der Waals surface area (Å²) in [5, 5.41) is 5.13. The molecule has 194 valence electrons. The normalized spacial score (nSPS) is 21.8. The van der Waals surface area contributed by atoms with Crippen LogP contribution in [0, 0.1) is 0 Å². The van der Waals surface area contributed by atoms with Gasteiger partial charge in [-0.05, 0) is 31.5 Å². The molecular weight excluding hydrogens is 505 g/mol. The van der Waals surface area contributed by atoms with Gasteiger partial charge < -0.3 is 14.8 Å². The van der Waals surface area contributed by atoms with Crippen LogP contribution >= 0.6 is 11.3 Å². The Hall–Kier alpha value is -3.66. The summed E-state index contributed by atoms with van der Waals surface area (Å²) >= 11 is 1.12. The van der Waals surface area contributed by atoms with Crippen molar-refractivity contribution in [3.8, 4) is 11.3 Å². The lowest BCUT2D eigenvalue weighted by molar-refractivity contribution is -0.150. The minimum atomic E-state index is -4.51. The number of benzene rings is 2. The molecule has 0 saturated carbocycles. The van der Waals surface area contributed by atoms with E-state index in [1.807, 2.05) is 6.07 Å². The van der Waals surface area contributed by atoms with E-state index in [-0.39, 0.29) is 16.8 Å².